The van der Waals surface area contributed by atoms with Gasteiger partial charge in [-0.1, -0.05) is 12.8 Å². The second-order valence-electron chi connectivity index (χ2n) is 4.57. The molecule has 15 heavy (non-hydrogen) atoms. The molecule has 2 nitrogen and oxygen atoms in total. The van der Waals surface area contributed by atoms with Crippen LogP contribution in [-0.2, 0) is 0 Å². The Morgan fingerprint density at radius 1 is 1.33 bits per heavy atom. The fourth-order valence-corrected chi connectivity index (χ4v) is 3.27. The minimum Gasteiger partial charge on any atom is -0.360 e. The molecule has 1 N–H and O–H groups in total. The number of fused-ring (bicyclic) bond motifs is 1. The Morgan fingerprint density at radius 3 is 2.93 bits per heavy atom. The highest BCUT2D eigenvalue weighted by atomic mass is 35.5. The van der Waals surface area contributed by atoms with Crippen molar-refractivity contribution >= 4 is 28.9 Å². The van der Waals surface area contributed by atoms with Crippen LogP contribution in [0.5, 0.6) is 0 Å². The van der Waals surface area contributed by atoms with Crippen LogP contribution in [0.25, 0.3) is 0 Å². The number of hydrogen-bond acceptors (Lipinski definition) is 1. The molecule has 0 amide bonds. The van der Waals surface area contributed by atoms with E-state index in [0.29, 0.717) is 11.9 Å². The van der Waals surface area contributed by atoms with E-state index in [2.05, 4.69) is 10.2 Å². The second-order valence-corrected chi connectivity index (χ2v) is 5.33. The molecule has 1 saturated carbocycles. The number of rotatable bonds is 2. The van der Waals surface area contributed by atoms with E-state index in [9.17, 15) is 0 Å². The predicted molar refractivity (Wildman–Crippen MR) is 68.4 cm³/mol. The van der Waals surface area contributed by atoms with Crippen LogP contribution in [-0.4, -0.2) is 35.0 Å². The number of halogens is 1. The van der Waals surface area contributed by atoms with Gasteiger partial charge in [0.25, 0.3) is 0 Å². The summed E-state index contributed by atoms with van der Waals surface area (Å²) in [5.41, 5.74) is 0. The van der Waals surface area contributed by atoms with Crippen molar-refractivity contribution in [2.45, 2.75) is 38.1 Å². The second kappa shape index (κ2) is 5.35. The zero-order valence-electron chi connectivity index (χ0n) is 9.04. The summed E-state index contributed by atoms with van der Waals surface area (Å²) in [7, 11) is 0. The molecular weight excluding hydrogens is 228 g/mol. The van der Waals surface area contributed by atoms with Gasteiger partial charge in [-0.15, -0.1) is 11.6 Å². The van der Waals surface area contributed by atoms with Crippen LogP contribution in [0, 0.1) is 5.92 Å². The fourth-order valence-electron chi connectivity index (χ4n) is 2.73. The summed E-state index contributed by atoms with van der Waals surface area (Å²) in [4.78, 5) is 2.22. The van der Waals surface area contributed by atoms with Gasteiger partial charge in [-0.2, -0.15) is 0 Å². The summed E-state index contributed by atoms with van der Waals surface area (Å²) >= 11 is 11.2. The first kappa shape index (κ1) is 11.5. The molecule has 86 valence electrons. The van der Waals surface area contributed by atoms with Crippen LogP contribution in [0.2, 0.25) is 0 Å². The number of hydrogen-bond donors (Lipinski definition) is 1. The molecule has 1 heterocycles. The smallest absolute Gasteiger partial charge is 0.169 e. The van der Waals surface area contributed by atoms with Gasteiger partial charge in [0.15, 0.2) is 5.11 Å². The van der Waals surface area contributed by atoms with E-state index in [1.54, 1.807) is 0 Å². The van der Waals surface area contributed by atoms with Gasteiger partial charge in [0, 0.05) is 25.0 Å². The van der Waals surface area contributed by atoms with E-state index in [-0.39, 0.29) is 0 Å². The van der Waals surface area contributed by atoms with Crippen molar-refractivity contribution in [3.05, 3.63) is 0 Å². The number of alkyl halides is 1. The lowest BCUT2D eigenvalue weighted by molar-refractivity contribution is 0.277. The molecule has 0 bridgehead atoms. The third-order valence-corrected chi connectivity index (χ3v) is 4.17. The van der Waals surface area contributed by atoms with Crippen LogP contribution >= 0.6 is 23.8 Å². The van der Waals surface area contributed by atoms with Gasteiger partial charge < -0.3 is 10.2 Å². The lowest BCUT2D eigenvalue weighted by Gasteiger charge is -2.30. The minimum atomic E-state index is 0.631. The minimum absolute atomic E-state index is 0.631. The average molecular weight is 247 g/mol. The Bertz CT molecular complexity index is 235. The van der Waals surface area contributed by atoms with E-state index in [1.165, 1.54) is 32.1 Å². The summed E-state index contributed by atoms with van der Waals surface area (Å²) in [5.74, 6) is 1.49. The third kappa shape index (κ3) is 2.76. The summed E-state index contributed by atoms with van der Waals surface area (Å²) in [6.45, 7) is 1.96. The summed E-state index contributed by atoms with van der Waals surface area (Å²) in [5, 5.41) is 4.44. The molecule has 2 fully saturated rings. The molecule has 2 unspecified atom stereocenters. The maximum Gasteiger partial charge on any atom is 0.169 e. The molecule has 2 atom stereocenters. The Kier molecular flexibility index (Phi) is 4.09. The zero-order chi connectivity index (χ0) is 10.7. The topological polar surface area (TPSA) is 15.3 Å². The Balaban J connectivity index is 1.98. The first-order valence-corrected chi connectivity index (χ1v) is 6.87. The Hall–Kier alpha value is -0.0200. The van der Waals surface area contributed by atoms with Crippen molar-refractivity contribution in [2.24, 2.45) is 5.92 Å². The van der Waals surface area contributed by atoms with E-state index >= 15 is 0 Å². The van der Waals surface area contributed by atoms with Crippen LogP contribution in [0.15, 0.2) is 0 Å². The van der Waals surface area contributed by atoms with Gasteiger partial charge in [-0.3, -0.25) is 0 Å². The predicted octanol–water partition coefficient (Wildman–Crippen LogP) is 2.36. The Labute approximate surface area is 102 Å². The van der Waals surface area contributed by atoms with Gasteiger partial charge in [0.2, 0.25) is 0 Å². The molecule has 1 saturated heterocycles. The van der Waals surface area contributed by atoms with Crippen molar-refractivity contribution in [1.82, 2.24) is 10.2 Å². The van der Waals surface area contributed by atoms with E-state index in [0.717, 1.165) is 24.1 Å². The molecular formula is C11H19ClN2S. The van der Waals surface area contributed by atoms with Gasteiger partial charge in [0.05, 0.1) is 0 Å². The molecule has 0 aromatic rings. The van der Waals surface area contributed by atoms with Gasteiger partial charge in [-0.05, 0) is 37.4 Å². The van der Waals surface area contributed by atoms with Crippen LogP contribution in [0.4, 0.5) is 0 Å². The van der Waals surface area contributed by atoms with Crippen molar-refractivity contribution < 1.29 is 0 Å². The van der Waals surface area contributed by atoms with Crippen molar-refractivity contribution in [1.29, 1.82) is 0 Å². The molecule has 1 aliphatic heterocycles. The first-order chi connectivity index (χ1) is 7.31. The lowest BCUT2D eigenvalue weighted by atomic mass is 9.83. The van der Waals surface area contributed by atoms with E-state index in [1.807, 2.05) is 0 Å². The van der Waals surface area contributed by atoms with Gasteiger partial charge >= 0.3 is 0 Å². The zero-order valence-corrected chi connectivity index (χ0v) is 10.6. The van der Waals surface area contributed by atoms with Crippen molar-refractivity contribution in [3.63, 3.8) is 0 Å². The quantitative estimate of drug-likeness (QED) is 0.595. The highest BCUT2D eigenvalue weighted by Crippen LogP contribution is 2.29. The first-order valence-electron chi connectivity index (χ1n) is 5.92. The van der Waals surface area contributed by atoms with E-state index in [4.69, 9.17) is 23.8 Å². The maximum absolute atomic E-state index is 5.78. The molecule has 0 aromatic carbocycles. The number of nitrogens with zero attached hydrogens (tertiary/aromatic N) is 1. The standard InChI is InChI=1S/C11H19ClN2S/c12-6-8-14-7-5-9-3-1-2-4-10(9)13-11(14)15/h9-10H,1-8H2,(H,13,15). The van der Waals surface area contributed by atoms with Gasteiger partial charge in [-0.25, -0.2) is 0 Å². The summed E-state index contributed by atoms with van der Waals surface area (Å²) in [6, 6.07) is 0.631. The van der Waals surface area contributed by atoms with Crippen molar-refractivity contribution in [2.75, 3.05) is 19.0 Å². The van der Waals surface area contributed by atoms with E-state index < -0.39 is 0 Å². The highest BCUT2D eigenvalue weighted by Gasteiger charge is 2.29. The van der Waals surface area contributed by atoms with Crippen molar-refractivity contribution in [3.8, 4) is 0 Å². The molecule has 2 rings (SSSR count). The van der Waals surface area contributed by atoms with Gasteiger partial charge in [0.1, 0.15) is 0 Å². The SMILES string of the molecule is S=C1NC2CCCCC2CCN1CCCl. The molecule has 0 spiro atoms. The maximum atomic E-state index is 5.78. The summed E-state index contributed by atoms with van der Waals surface area (Å²) in [6.07, 6.45) is 6.68. The number of nitrogens with one attached hydrogen (secondary N) is 1. The van der Waals surface area contributed by atoms with Crippen LogP contribution in [0.3, 0.4) is 0 Å². The number of thiocarbonyl (C=S) groups is 1. The monoisotopic (exact) mass is 246 g/mol. The fraction of sp³-hybridized carbons (Fsp3) is 0.909. The van der Waals surface area contributed by atoms with Crippen LogP contribution in [0.1, 0.15) is 32.1 Å². The molecule has 0 radical (unpaired) electrons. The lowest BCUT2D eigenvalue weighted by Crippen LogP contribution is -2.44. The largest absolute Gasteiger partial charge is 0.360 e. The average Bonchev–Trinajstić information content (AvgIpc) is 2.40. The molecule has 1 aliphatic carbocycles. The third-order valence-electron chi connectivity index (χ3n) is 3.63. The molecule has 2 aliphatic rings. The van der Waals surface area contributed by atoms with Crippen LogP contribution < -0.4 is 5.32 Å². The molecule has 4 heteroatoms. The highest BCUT2D eigenvalue weighted by molar-refractivity contribution is 7.80. The normalized spacial score (nSPS) is 31.8. The summed E-state index contributed by atoms with van der Waals surface area (Å²) < 4.78 is 0. The molecule has 0 aromatic heterocycles. The Morgan fingerprint density at radius 2 is 2.13 bits per heavy atom.